The van der Waals surface area contributed by atoms with Crippen LogP contribution >= 0.6 is 0 Å². The highest BCUT2D eigenvalue weighted by molar-refractivity contribution is 5.82. The fraction of sp³-hybridized carbons (Fsp3) is 0.0789. The van der Waals surface area contributed by atoms with E-state index >= 15 is 0 Å². The van der Waals surface area contributed by atoms with Gasteiger partial charge in [-0.05, 0) is 59.4 Å². The van der Waals surface area contributed by atoms with Crippen LogP contribution in [0, 0.1) is 0 Å². The van der Waals surface area contributed by atoms with Gasteiger partial charge in [-0.15, -0.1) is 13.2 Å². The molecule has 42 heavy (non-hydrogen) atoms. The van der Waals surface area contributed by atoms with E-state index in [2.05, 4.69) is 114 Å². The van der Waals surface area contributed by atoms with Crippen LogP contribution in [-0.2, 0) is 17.6 Å². The number of rotatable bonds is 10. The van der Waals surface area contributed by atoms with E-state index in [0.717, 1.165) is 75.4 Å². The molecule has 5 aromatic rings. The molecule has 6 rings (SSSR count). The van der Waals surface area contributed by atoms with Crippen molar-refractivity contribution in [2.75, 3.05) is 4.90 Å². The summed E-state index contributed by atoms with van der Waals surface area (Å²) in [6, 6.07) is 39.1. The number of carbonyl (C=O) groups excluding carboxylic acids is 1. The molecule has 0 saturated heterocycles. The van der Waals surface area contributed by atoms with Gasteiger partial charge in [0, 0.05) is 34.3 Å². The van der Waals surface area contributed by atoms with Crippen LogP contribution < -0.4 is 15.0 Å². The van der Waals surface area contributed by atoms with Crippen molar-refractivity contribution in [2.45, 2.75) is 18.9 Å². The zero-order valence-electron chi connectivity index (χ0n) is 23.4. The van der Waals surface area contributed by atoms with Gasteiger partial charge < -0.3 is 15.0 Å². The fourth-order valence-corrected chi connectivity index (χ4v) is 5.72. The minimum atomic E-state index is -0.324. The minimum absolute atomic E-state index is 0.324. The van der Waals surface area contributed by atoms with Gasteiger partial charge >= 0.3 is 0 Å². The van der Waals surface area contributed by atoms with Crippen LogP contribution in [0.2, 0.25) is 0 Å². The monoisotopic (exact) mass is 548 g/mol. The van der Waals surface area contributed by atoms with Crippen molar-refractivity contribution >= 4 is 23.5 Å². The molecule has 206 valence electrons. The Kier molecular flexibility index (Phi) is 7.69. The zero-order chi connectivity index (χ0) is 28.9. The van der Waals surface area contributed by atoms with Crippen molar-refractivity contribution in [3.8, 4) is 22.6 Å². The third-order valence-electron chi connectivity index (χ3n) is 7.65. The molecular weight excluding hydrogens is 516 g/mol. The molecule has 1 atom stereocenters. The molecule has 4 nitrogen and oxygen atoms in total. The van der Waals surface area contributed by atoms with Gasteiger partial charge in [0.2, 0.25) is 6.41 Å². The molecule has 1 heterocycles. The van der Waals surface area contributed by atoms with Crippen LogP contribution in [0.15, 0.2) is 141 Å². The van der Waals surface area contributed by atoms with Crippen molar-refractivity contribution in [3.05, 3.63) is 163 Å². The average molecular weight is 549 g/mol. The van der Waals surface area contributed by atoms with E-state index in [1.165, 1.54) is 0 Å². The summed E-state index contributed by atoms with van der Waals surface area (Å²) in [6.45, 7) is 7.99. The first kappa shape index (κ1) is 26.9. The highest BCUT2D eigenvalue weighted by atomic mass is 16.5. The lowest BCUT2D eigenvalue weighted by atomic mass is 9.92. The topological polar surface area (TPSA) is 41.6 Å². The number of hydrogen-bond donors (Lipinski definition) is 1. The van der Waals surface area contributed by atoms with Gasteiger partial charge in [-0.3, -0.25) is 4.79 Å². The maximum absolute atomic E-state index is 11.7. The maximum Gasteiger partial charge on any atom is 0.207 e. The smallest absolute Gasteiger partial charge is 0.207 e. The molecule has 1 N–H and O–H groups in total. The molecule has 0 aliphatic carbocycles. The fourth-order valence-electron chi connectivity index (χ4n) is 5.72. The molecule has 0 saturated carbocycles. The maximum atomic E-state index is 11.7. The van der Waals surface area contributed by atoms with Crippen molar-refractivity contribution < 1.29 is 9.53 Å². The van der Waals surface area contributed by atoms with E-state index < -0.39 is 0 Å². The number of nitrogens with one attached hydrogen (secondary N) is 1. The van der Waals surface area contributed by atoms with Gasteiger partial charge in [0.15, 0.2) is 0 Å². The summed E-state index contributed by atoms with van der Waals surface area (Å²) in [7, 11) is 0. The third kappa shape index (κ3) is 5.11. The molecule has 0 radical (unpaired) electrons. The summed E-state index contributed by atoms with van der Waals surface area (Å²) in [5, 5.41) is 3.02. The molecule has 0 fully saturated rings. The van der Waals surface area contributed by atoms with E-state index in [4.69, 9.17) is 4.74 Å². The molecule has 4 heteroatoms. The summed E-state index contributed by atoms with van der Waals surface area (Å²) < 4.78 is 6.62. The normalized spacial score (nSPS) is 13.2. The van der Waals surface area contributed by atoms with E-state index in [9.17, 15) is 4.79 Å². The lowest BCUT2D eigenvalue weighted by Crippen LogP contribution is -2.24. The Morgan fingerprint density at radius 3 is 1.86 bits per heavy atom. The quantitative estimate of drug-likeness (QED) is 0.140. The number of hydrogen-bond acceptors (Lipinski definition) is 3. The third-order valence-corrected chi connectivity index (χ3v) is 7.65. The largest absolute Gasteiger partial charge is 0.457 e. The average Bonchev–Trinajstić information content (AvgIpc) is 3.03. The van der Waals surface area contributed by atoms with E-state index in [1.54, 1.807) is 0 Å². The summed E-state index contributed by atoms with van der Waals surface area (Å²) in [4.78, 5) is 14.0. The predicted octanol–water partition coefficient (Wildman–Crippen LogP) is 9.22. The molecule has 0 bridgehead atoms. The molecule has 1 unspecified atom stereocenters. The van der Waals surface area contributed by atoms with Crippen molar-refractivity contribution in [1.29, 1.82) is 0 Å². The standard InChI is InChI=1S/C38H32N2O2/c1-3-12-28-16-8-10-18-34(28)40(35-19-11-9-17-29(35)13-4-2)31-21-23-33-37(25-31)42-36-24-30(27-14-6-5-7-15-27)20-22-32(36)38(33)39-26-41/h3-11,14-26,38H,1-2,12-13H2,(H,39,41). The Hall–Kier alpha value is -5.35. The van der Waals surface area contributed by atoms with Gasteiger partial charge in [-0.1, -0.05) is 97.1 Å². The van der Waals surface area contributed by atoms with Crippen molar-refractivity contribution in [1.82, 2.24) is 5.32 Å². The molecule has 1 aliphatic rings. The first-order valence-corrected chi connectivity index (χ1v) is 14.1. The Bertz CT molecular complexity index is 1710. The van der Waals surface area contributed by atoms with Crippen LogP contribution in [0.4, 0.5) is 17.1 Å². The summed E-state index contributed by atoms with van der Waals surface area (Å²) in [5.74, 6) is 1.43. The molecule has 0 aromatic heterocycles. The highest BCUT2D eigenvalue weighted by Crippen LogP contribution is 2.47. The Balaban J connectivity index is 1.50. The SMILES string of the molecule is C=CCc1ccccc1N(c1ccc2c(c1)Oc1cc(-c3ccccc3)ccc1C2NC=O)c1ccccc1CC=C. The van der Waals surface area contributed by atoms with Gasteiger partial charge in [0.25, 0.3) is 0 Å². The first-order chi connectivity index (χ1) is 20.7. The lowest BCUT2D eigenvalue weighted by Gasteiger charge is -2.32. The molecule has 5 aromatic carbocycles. The van der Waals surface area contributed by atoms with Crippen LogP contribution in [0.1, 0.15) is 28.3 Å². The number of fused-ring (bicyclic) bond motifs is 2. The van der Waals surface area contributed by atoms with Gasteiger partial charge in [0.05, 0.1) is 6.04 Å². The van der Waals surface area contributed by atoms with Gasteiger partial charge in [-0.2, -0.15) is 0 Å². The predicted molar refractivity (Wildman–Crippen MR) is 172 cm³/mol. The second kappa shape index (κ2) is 12.0. The van der Waals surface area contributed by atoms with Crippen LogP contribution in [0.3, 0.4) is 0 Å². The number of carbonyl (C=O) groups is 1. The summed E-state index contributed by atoms with van der Waals surface area (Å²) in [6.07, 6.45) is 6.09. The Morgan fingerprint density at radius 2 is 1.24 bits per heavy atom. The number of amides is 1. The van der Waals surface area contributed by atoms with Crippen LogP contribution in [0.25, 0.3) is 11.1 Å². The van der Waals surface area contributed by atoms with Crippen molar-refractivity contribution in [2.24, 2.45) is 0 Å². The van der Waals surface area contributed by atoms with Crippen LogP contribution in [-0.4, -0.2) is 6.41 Å². The Labute approximate surface area is 247 Å². The number of nitrogens with zero attached hydrogens (tertiary/aromatic N) is 1. The van der Waals surface area contributed by atoms with E-state index in [1.807, 2.05) is 36.4 Å². The van der Waals surface area contributed by atoms with E-state index in [0.29, 0.717) is 5.75 Å². The summed E-state index contributed by atoms with van der Waals surface area (Å²) >= 11 is 0. The molecule has 0 spiro atoms. The molecular formula is C38H32N2O2. The van der Waals surface area contributed by atoms with Crippen molar-refractivity contribution in [3.63, 3.8) is 0 Å². The zero-order valence-corrected chi connectivity index (χ0v) is 23.4. The number of benzene rings is 5. The van der Waals surface area contributed by atoms with Gasteiger partial charge in [0.1, 0.15) is 11.5 Å². The number of para-hydroxylation sites is 2. The Morgan fingerprint density at radius 1 is 0.667 bits per heavy atom. The number of ether oxygens (including phenoxy) is 1. The second-order valence-corrected chi connectivity index (χ2v) is 10.2. The minimum Gasteiger partial charge on any atom is -0.457 e. The highest BCUT2D eigenvalue weighted by Gasteiger charge is 2.29. The number of allylic oxidation sites excluding steroid dienone is 2. The first-order valence-electron chi connectivity index (χ1n) is 14.1. The second-order valence-electron chi connectivity index (χ2n) is 10.2. The number of anilines is 3. The van der Waals surface area contributed by atoms with Gasteiger partial charge in [-0.25, -0.2) is 0 Å². The molecule has 1 aliphatic heterocycles. The molecule has 1 amide bonds. The summed E-state index contributed by atoms with van der Waals surface area (Å²) in [5.41, 5.74) is 9.41. The lowest BCUT2D eigenvalue weighted by molar-refractivity contribution is -0.110. The van der Waals surface area contributed by atoms with Crippen LogP contribution in [0.5, 0.6) is 11.5 Å². The van der Waals surface area contributed by atoms with E-state index in [-0.39, 0.29) is 6.04 Å².